The van der Waals surface area contributed by atoms with Crippen LogP contribution in [0.1, 0.15) is 27.4 Å². The van der Waals surface area contributed by atoms with Crippen LogP contribution in [0, 0.1) is 26.6 Å². The third-order valence-corrected chi connectivity index (χ3v) is 4.30. The monoisotopic (exact) mass is 393 g/mol. The molecule has 1 amide bonds. The van der Waals surface area contributed by atoms with Crippen molar-refractivity contribution < 1.29 is 9.18 Å². The fourth-order valence-corrected chi connectivity index (χ4v) is 3.02. The quantitative estimate of drug-likeness (QED) is 0.673. The number of amides is 1. The van der Waals surface area contributed by atoms with Crippen molar-refractivity contribution in [2.24, 2.45) is 0 Å². The summed E-state index contributed by atoms with van der Waals surface area (Å²) in [6.45, 7) is 5.23. The molecule has 2 aromatic heterocycles. The molecule has 6 nitrogen and oxygen atoms in total. The number of pyridine rings is 1. The second kappa shape index (κ2) is 7.01. The van der Waals surface area contributed by atoms with Gasteiger partial charge in [-0.05, 0) is 50.6 Å². The number of anilines is 1. The van der Waals surface area contributed by atoms with Gasteiger partial charge in [-0.15, -0.1) is 5.10 Å². The lowest BCUT2D eigenvalue weighted by Crippen LogP contribution is -2.16. The van der Waals surface area contributed by atoms with Crippen molar-refractivity contribution >= 4 is 34.8 Å². The third-order valence-electron chi connectivity index (χ3n) is 3.79. The molecule has 1 aromatic carbocycles. The molecule has 3 aromatic rings. The van der Waals surface area contributed by atoms with Gasteiger partial charge in [0.15, 0.2) is 10.8 Å². The number of hydrogen-bond acceptors (Lipinski definition) is 4. The summed E-state index contributed by atoms with van der Waals surface area (Å²) in [5, 5.41) is 10.9. The zero-order chi connectivity index (χ0) is 19.0. The Labute approximate surface area is 159 Å². The van der Waals surface area contributed by atoms with Gasteiger partial charge < -0.3 is 5.32 Å². The van der Waals surface area contributed by atoms with Crippen molar-refractivity contribution in [1.82, 2.24) is 20.0 Å². The number of aryl methyl sites for hydroxylation is 2. The number of aromatic nitrogens is 4. The molecule has 0 atom stereocenters. The highest BCUT2D eigenvalue weighted by atomic mass is 35.5. The first-order chi connectivity index (χ1) is 12.3. The van der Waals surface area contributed by atoms with Crippen LogP contribution in [-0.4, -0.2) is 25.9 Å². The lowest BCUT2D eigenvalue weighted by Gasteiger charge is -2.10. The first-order valence-electron chi connectivity index (χ1n) is 7.60. The minimum Gasteiger partial charge on any atom is -0.318 e. The van der Waals surface area contributed by atoms with Crippen molar-refractivity contribution in [3.05, 3.63) is 62.9 Å². The maximum Gasteiger partial charge on any atom is 0.278 e. The molecule has 0 bridgehead atoms. The zero-order valence-corrected chi connectivity index (χ0v) is 15.7. The normalized spacial score (nSPS) is 10.8. The van der Waals surface area contributed by atoms with Gasteiger partial charge in [-0.25, -0.2) is 14.1 Å². The van der Waals surface area contributed by atoms with Gasteiger partial charge in [-0.2, -0.15) is 0 Å². The number of nitrogens with one attached hydrogen (secondary N) is 1. The van der Waals surface area contributed by atoms with Crippen LogP contribution < -0.4 is 5.32 Å². The summed E-state index contributed by atoms with van der Waals surface area (Å²) < 4.78 is 15.4. The lowest BCUT2D eigenvalue weighted by atomic mass is 10.2. The first kappa shape index (κ1) is 18.3. The molecule has 0 aliphatic heterocycles. The van der Waals surface area contributed by atoms with Crippen LogP contribution in [-0.2, 0) is 0 Å². The van der Waals surface area contributed by atoms with Crippen LogP contribution >= 0.6 is 23.2 Å². The Morgan fingerprint density at radius 3 is 2.58 bits per heavy atom. The topological polar surface area (TPSA) is 72.7 Å². The summed E-state index contributed by atoms with van der Waals surface area (Å²) in [6.07, 6.45) is 0. The van der Waals surface area contributed by atoms with Gasteiger partial charge in [0.05, 0.1) is 11.4 Å². The molecule has 2 heterocycles. The Morgan fingerprint density at radius 2 is 1.92 bits per heavy atom. The maximum absolute atomic E-state index is 14.1. The molecule has 26 heavy (non-hydrogen) atoms. The smallest absolute Gasteiger partial charge is 0.278 e. The molecular weight excluding hydrogens is 380 g/mol. The van der Waals surface area contributed by atoms with Gasteiger partial charge in [0.25, 0.3) is 5.91 Å². The molecule has 0 saturated carbocycles. The number of nitrogens with zero attached hydrogens (tertiary/aromatic N) is 4. The van der Waals surface area contributed by atoms with Crippen LogP contribution in [0.2, 0.25) is 10.2 Å². The molecule has 9 heteroatoms. The van der Waals surface area contributed by atoms with Gasteiger partial charge in [-0.3, -0.25) is 4.79 Å². The van der Waals surface area contributed by atoms with Crippen LogP contribution in [0.15, 0.2) is 24.3 Å². The molecule has 0 aliphatic rings. The highest BCUT2D eigenvalue weighted by Gasteiger charge is 2.21. The molecular formula is C17H14Cl2FN5O. The molecule has 0 aliphatic carbocycles. The SMILES string of the molecule is Cc1cc(C)c(NC(=O)c2nnn(-c3ccc(Cl)cc3F)c2C)c(Cl)n1. The first-order valence-corrected chi connectivity index (χ1v) is 8.36. The Hall–Kier alpha value is -2.51. The molecule has 0 fully saturated rings. The molecule has 0 unspecified atom stereocenters. The van der Waals surface area contributed by atoms with Gasteiger partial charge in [0.1, 0.15) is 11.5 Å². The van der Waals surface area contributed by atoms with Gasteiger partial charge >= 0.3 is 0 Å². The number of rotatable bonds is 3. The highest BCUT2D eigenvalue weighted by molar-refractivity contribution is 6.33. The Morgan fingerprint density at radius 1 is 1.19 bits per heavy atom. The van der Waals surface area contributed by atoms with Crippen molar-refractivity contribution in [2.45, 2.75) is 20.8 Å². The molecule has 134 valence electrons. The van der Waals surface area contributed by atoms with Gasteiger partial charge in [-0.1, -0.05) is 28.4 Å². The molecule has 1 N–H and O–H groups in total. The van der Waals surface area contributed by atoms with Gasteiger partial charge in [0.2, 0.25) is 0 Å². The van der Waals surface area contributed by atoms with Crippen LogP contribution in [0.3, 0.4) is 0 Å². The molecule has 0 spiro atoms. The van der Waals surface area contributed by atoms with E-state index in [2.05, 4.69) is 20.6 Å². The standard InChI is InChI=1S/C17H14Cl2FN5O/c1-8-6-9(2)21-16(19)14(8)22-17(26)15-10(3)25(24-23-15)13-5-4-11(18)7-12(13)20/h4-7H,1-3H3,(H,22,26). The van der Waals surface area contributed by atoms with E-state index in [0.717, 1.165) is 11.3 Å². The number of benzene rings is 1. The van der Waals surface area contributed by atoms with E-state index in [1.807, 2.05) is 6.92 Å². The van der Waals surface area contributed by atoms with Crippen LogP contribution in [0.5, 0.6) is 0 Å². The third kappa shape index (κ3) is 3.40. The summed E-state index contributed by atoms with van der Waals surface area (Å²) in [4.78, 5) is 16.7. The predicted molar refractivity (Wildman–Crippen MR) is 97.7 cm³/mol. The number of halogens is 3. The second-order valence-corrected chi connectivity index (χ2v) is 6.53. The van der Waals surface area contributed by atoms with Crippen molar-refractivity contribution in [1.29, 1.82) is 0 Å². The maximum atomic E-state index is 14.1. The molecule has 0 radical (unpaired) electrons. The Balaban J connectivity index is 1.94. The minimum absolute atomic E-state index is 0.0513. The molecule has 0 saturated heterocycles. The second-order valence-electron chi connectivity index (χ2n) is 5.73. The summed E-state index contributed by atoms with van der Waals surface area (Å²) in [7, 11) is 0. The Bertz CT molecular complexity index is 995. The number of hydrogen-bond donors (Lipinski definition) is 1. The Kier molecular flexibility index (Phi) is 4.93. The van der Waals surface area contributed by atoms with Crippen molar-refractivity contribution in [3.63, 3.8) is 0 Å². The van der Waals surface area contributed by atoms with Crippen LogP contribution in [0.4, 0.5) is 10.1 Å². The zero-order valence-electron chi connectivity index (χ0n) is 14.1. The fraction of sp³-hybridized carbons (Fsp3) is 0.176. The van der Waals surface area contributed by atoms with E-state index < -0.39 is 11.7 Å². The van der Waals surface area contributed by atoms with E-state index in [1.54, 1.807) is 19.9 Å². The van der Waals surface area contributed by atoms with E-state index in [9.17, 15) is 9.18 Å². The predicted octanol–water partition coefficient (Wildman–Crippen LogP) is 4.29. The summed E-state index contributed by atoms with van der Waals surface area (Å²) in [6, 6.07) is 5.96. The van der Waals surface area contributed by atoms with Gasteiger partial charge in [0, 0.05) is 10.7 Å². The fourth-order valence-electron chi connectivity index (χ4n) is 2.53. The average molecular weight is 394 g/mol. The van der Waals surface area contributed by atoms with Crippen LogP contribution in [0.25, 0.3) is 5.69 Å². The largest absolute Gasteiger partial charge is 0.318 e. The van der Waals surface area contributed by atoms with Crippen molar-refractivity contribution in [3.8, 4) is 5.69 Å². The summed E-state index contributed by atoms with van der Waals surface area (Å²) in [5.41, 5.74) is 2.47. The van der Waals surface area contributed by atoms with E-state index in [1.165, 1.54) is 22.9 Å². The summed E-state index contributed by atoms with van der Waals surface area (Å²) >= 11 is 11.9. The average Bonchev–Trinajstić information content (AvgIpc) is 2.92. The highest BCUT2D eigenvalue weighted by Crippen LogP contribution is 2.25. The lowest BCUT2D eigenvalue weighted by molar-refractivity contribution is 0.102. The van der Waals surface area contributed by atoms with Crippen molar-refractivity contribution in [2.75, 3.05) is 5.32 Å². The van der Waals surface area contributed by atoms with E-state index in [-0.39, 0.29) is 21.6 Å². The number of carbonyl (C=O) groups excluding carboxylic acids is 1. The molecule has 3 rings (SSSR count). The van der Waals surface area contributed by atoms with E-state index in [4.69, 9.17) is 23.2 Å². The number of carbonyl (C=O) groups is 1. The summed E-state index contributed by atoms with van der Waals surface area (Å²) in [5.74, 6) is -1.09. The van der Waals surface area contributed by atoms with E-state index in [0.29, 0.717) is 11.4 Å². The van der Waals surface area contributed by atoms with E-state index >= 15 is 0 Å². The minimum atomic E-state index is -0.570.